The average molecular weight is 462 g/mol. The molecule has 1 aliphatic rings. The Bertz CT molecular complexity index is 1270. The molecule has 0 spiro atoms. The first-order valence-electron chi connectivity index (χ1n) is 10.0. The number of hydrogen-bond acceptors (Lipinski definition) is 6. The van der Waals surface area contributed by atoms with E-state index in [-0.39, 0.29) is 24.0 Å². The number of carbonyl (C=O) groups excluding carboxylic acids is 2. The number of primary amides is 2. The van der Waals surface area contributed by atoms with Crippen LogP contribution in [-0.4, -0.2) is 17.5 Å². The van der Waals surface area contributed by atoms with Crippen molar-refractivity contribution in [1.82, 2.24) is 0 Å². The fraction of sp³-hybridized carbons (Fsp3) is 0.0833. The van der Waals surface area contributed by atoms with Crippen LogP contribution >= 0.6 is 0 Å². The maximum Gasteiger partial charge on any atom is 0.415 e. The molecule has 0 fully saturated rings. The van der Waals surface area contributed by atoms with Gasteiger partial charge in [0.05, 0.1) is 22.6 Å². The molecule has 8 nitrogen and oxygen atoms in total. The molecule has 4 rings (SSSR count). The van der Waals surface area contributed by atoms with Crippen LogP contribution in [0, 0.1) is 6.92 Å². The number of benzene rings is 2. The Morgan fingerprint density at radius 3 is 2.15 bits per heavy atom. The van der Waals surface area contributed by atoms with E-state index in [9.17, 15) is 9.59 Å². The van der Waals surface area contributed by atoms with Crippen molar-refractivity contribution < 1.29 is 31.9 Å². The number of aromatic nitrogens is 1. The summed E-state index contributed by atoms with van der Waals surface area (Å²) in [6.07, 6.45) is 3.62. The number of nitrogens with zero attached hydrogens (tertiary/aromatic N) is 4. The highest BCUT2D eigenvalue weighted by molar-refractivity contribution is 6.47. The summed E-state index contributed by atoms with van der Waals surface area (Å²) in [6.45, 7) is 3.66. The molecule has 0 bridgehead atoms. The molecule has 0 atom stereocenters. The van der Waals surface area contributed by atoms with Gasteiger partial charge in [-0.3, -0.25) is 5.43 Å². The van der Waals surface area contributed by atoms with Crippen molar-refractivity contribution >= 4 is 40.3 Å². The highest BCUT2D eigenvalue weighted by atomic mass is 35.5. The van der Waals surface area contributed by atoms with E-state index >= 15 is 0 Å². The summed E-state index contributed by atoms with van der Waals surface area (Å²) in [6, 6.07) is 20.4. The minimum absolute atomic E-state index is 0. The summed E-state index contributed by atoms with van der Waals surface area (Å²) < 4.78 is 1.72. The number of halogens is 1. The maximum atomic E-state index is 12.5. The van der Waals surface area contributed by atoms with Crippen LogP contribution in [0.4, 0.5) is 17.1 Å². The van der Waals surface area contributed by atoms with E-state index in [0.717, 1.165) is 16.6 Å². The topological polar surface area (TPSA) is 104 Å². The van der Waals surface area contributed by atoms with Crippen LogP contribution in [0.2, 0.25) is 0 Å². The van der Waals surface area contributed by atoms with Crippen LogP contribution in [0.1, 0.15) is 12.5 Å². The largest absolute Gasteiger partial charge is 1.00 e. The number of azo groups is 1. The quantitative estimate of drug-likeness (QED) is 0.242. The van der Waals surface area contributed by atoms with Gasteiger partial charge in [0.2, 0.25) is 0 Å². The van der Waals surface area contributed by atoms with Gasteiger partial charge in [-0.2, -0.15) is 19.9 Å². The van der Waals surface area contributed by atoms with Crippen LogP contribution in [-0.2, 0) is 9.59 Å². The number of carbonyl (C=O) groups is 2. The second kappa shape index (κ2) is 10.5. The third kappa shape index (κ3) is 5.62. The second-order valence-corrected chi connectivity index (χ2v) is 7.29. The molecule has 2 amide bonds. The standard InChI is InChI=1S/C24H20N6O2.ClH/c1-16-7-6-14-30(15-16)22-17(2)21(23(31)25-24(22)32)29-28-20-12-10-19(11-13-20)27-26-18-8-4-3-5-9-18;/h3-15H,1-2H3,(H-,25,26,28,31,32);1H/p+1. The number of imide groups is 1. The second-order valence-electron chi connectivity index (χ2n) is 7.29. The molecule has 3 aromatic rings. The Kier molecular flexibility index (Phi) is 7.55. The summed E-state index contributed by atoms with van der Waals surface area (Å²) in [7, 11) is 0. The normalized spacial score (nSPS) is 15.2. The zero-order valence-corrected chi connectivity index (χ0v) is 18.8. The lowest BCUT2D eigenvalue weighted by molar-refractivity contribution is -0.591. The zero-order chi connectivity index (χ0) is 22.5. The predicted molar refractivity (Wildman–Crippen MR) is 120 cm³/mol. The molecule has 9 heteroatoms. The predicted octanol–water partition coefficient (Wildman–Crippen LogP) is 0.0312. The highest BCUT2D eigenvalue weighted by Crippen LogP contribution is 2.20. The van der Waals surface area contributed by atoms with Gasteiger partial charge >= 0.3 is 17.5 Å². The fourth-order valence-electron chi connectivity index (χ4n) is 3.26. The van der Waals surface area contributed by atoms with Crippen molar-refractivity contribution in [2.75, 3.05) is 5.43 Å². The van der Waals surface area contributed by atoms with Crippen LogP contribution in [0.3, 0.4) is 0 Å². The lowest BCUT2D eigenvalue weighted by Crippen LogP contribution is -3.00. The minimum Gasteiger partial charge on any atom is -1.00 e. The Morgan fingerprint density at radius 2 is 1.48 bits per heavy atom. The van der Waals surface area contributed by atoms with Gasteiger partial charge in [-0.1, -0.05) is 18.2 Å². The summed E-state index contributed by atoms with van der Waals surface area (Å²) in [4.78, 5) is 24.9. The summed E-state index contributed by atoms with van der Waals surface area (Å²) in [5, 5.41) is 13.7. The molecule has 166 valence electrons. The lowest BCUT2D eigenvalue weighted by Gasteiger charge is -2.11. The zero-order valence-electron chi connectivity index (χ0n) is 18.1. The molecule has 1 aromatic heterocycles. The van der Waals surface area contributed by atoms with E-state index in [0.29, 0.717) is 22.6 Å². The smallest absolute Gasteiger partial charge is 0.415 e. The number of rotatable bonds is 5. The SMILES string of the molecule is CC1=C([n+]2cccc(C)c2)C(=O)[NH2+]C(=O)/C1=N\Nc1ccc(N=Nc2ccccc2)cc1.[Cl-]. The molecule has 0 saturated heterocycles. The van der Waals surface area contributed by atoms with E-state index in [2.05, 4.69) is 20.8 Å². The number of nitrogens with two attached hydrogens (primary N) is 1. The molecule has 3 N–H and O–H groups in total. The highest BCUT2D eigenvalue weighted by Gasteiger charge is 2.40. The van der Waals surface area contributed by atoms with Crippen LogP contribution in [0.5, 0.6) is 0 Å². The van der Waals surface area contributed by atoms with Crippen molar-refractivity contribution in [3.8, 4) is 0 Å². The van der Waals surface area contributed by atoms with Crippen molar-refractivity contribution in [2.24, 2.45) is 15.3 Å². The Hall–Kier alpha value is -4.01. The first-order chi connectivity index (χ1) is 15.5. The maximum absolute atomic E-state index is 12.5. The van der Waals surface area contributed by atoms with Crippen LogP contribution < -0.4 is 27.7 Å². The third-order valence-electron chi connectivity index (χ3n) is 4.85. The molecule has 33 heavy (non-hydrogen) atoms. The molecule has 2 aromatic carbocycles. The number of nitrogens with one attached hydrogen (secondary N) is 1. The van der Waals surface area contributed by atoms with Gasteiger partial charge in [-0.15, -0.1) is 0 Å². The average Bonchev–Trinajstić information content (AvgIpc) is 2.79. The molecule has 1 aliphatic heterocycles. The molecule has 0 unspecified atom stereocenters. The summed E-state index contributed by atoms with van der Waals surface area (Å²) in [5.74, 6) is -0.763. The first kappa shape index (κ1) is 23.6. The van der Waals surface area contributed by atoms with E-state index < -0.39 is 5.91 Å². The first-order valence-corrected chi connectivity index (χ1v) is 10.0. The van der Waals surface area contributed by atoms with Crippen LogP contribution in [0.25, 0.3) is 5.70 Å². The Balaban J connectivity index is 0.00000306. The number of hydrogen-bond donors (Lipinski definition) is 2. The number of aryl methyl sites for hydroxylation is 1. The van der Waals surface area contributed by atoms with E-state index in [1.165, 1.54) is 0 Å². The lowest BCUT2D eigenvalue weighted by atomic mass is 10.0. The number of amides is 2. The summed E-state index contributed by atoms with van der Waals surface area (Å²) >= 11 is 0. The molecule has 0 radical (unpaired) electrons. The van der Waals surface area contributed by atoms with Gasteiger partial charge in [-0.25, -0.2) is 14.9 Å². The van der Waals surface area contributed by atoms with Gasteiger partial charge in [0.15, 0.2) is 18.1 Å². The summed E-state index contributed by atoms with van der Waals surface area (Å²) in [5.41, 5.74) is 7.15. The van der Waals surface area contributed by atoms with Crippen molar-refractivity contribution in [3.63, 3.8) is 0 Å². The van der Waals surface area contributed by atoms with Crippen molar-refractivity contribution in [3.05, 3.63) is 90.3 Å². The van der Waals surface area contributed by atoms with Gasteiger partial charge < -0.3 is 12.4 Å². The van der Waals surface area contributed by atoms with Gasteiger partial charge in [-0.05, 0) is 56.3 Å². The van der Waals surface area contributed by atoms with Crippen LogP contribution in [0.15, 0.2) is 100 Å². The molecule has 0 saturated carbocycles. The van der Waals surface area contributed by atoms with Crippen molar-refractivity contribution in [2.45, 2.75) is 13.8 Å². The molecule has 2 heterocycles. The van der Waals surface area contributed by atoms with Gasteiger partial charge in [0.1, 0.15) is 0 Å². The number of quaternary nitrogens is 1. The molecule has 0 aliphatic carbocycles. The number of hydrazone groups is 1. The van der Waals surface area contributed by atoms with E-state index in [1.807, 2.05) is 55.6 Å². The van der Waals surface area contributed by atoms with E-state index in [1.54, 1.807) is 42.0 Å². The third-order valence-corrected chi connectivity index (χ3v) is 4.85. The van der Waals surface area contributed by atoms with E-state index in [4.69, 9.17) is 0 Å². The van der Waals surface area contributed by atoms with Crippen molar-refractivity contribution in [1.29, 1.82) is 0 Å². The van der Waals surface area contributed by atoms with Gasteiger partial charge in [0, 0.05) is 11.6 Å². The Morgan fingerprint density at radius 1 is 0.818 bits per heavy atom. The Labute approximate surface area is 197 Å². The van der Waals surface area contributed by atoms with Gasteiger partial charge in [0.25, 0.3) is 0 Å². The number of pyridine rings is 1. The molecular weight excluding hydrogens is 440 g/mol. The minimum atomic E-state index is -0.426. The number of anilines is 1. The molecular formula is C24H22ClN6O2+. The fourth-order valence-corrected chi connectivity index (χ4v) is 3.26. The monoisotopic (exact) mass is 461 g/mol.